The summed E-state index contributed by atoms with van der Waals surface area (Å²) in [7, 11) is 0. The number of ether oxygens (including phenoxy) is 2. The van der Waals surface area contributed by atoms with Crippen LogP contribution in [-0.4, -0.2) is 38.2 Å². The van der Waals surface area contributed by atoms with E-state index in [2.05, 4.69) is 29.4 Å². The Bertz CT molecular complexity index is 816. The van der Waals surface area contributed by atoms with Gasteiger partial charge >= 0.3 is 0 Å². The minimum absolute atomic E-state index is 0.120. The number of fused-ring (bicyclic) bond motifs is 1. The molecule has 2 amide bonds. The summed E-state index contributed by atoms with van der Waals surface area (Å²) in [4.78, 5) is 26.5. The van der Waals surface area contributed by atoms with Crippen LogP contribution in [0.2, 0.25) is 0 Å². The van der Waals surface area contributed by atoms with Gasteiger partial charge in [-0.3, -0.25) is 9.59 Å². The fourth-order valence-electron chi connectivity index (χ4n) is 2.85. The van der Waals surface area contributed by atoms with Gasteiger partial charge < -0.3 is 25.0 Å². The molecule has 2 aromatic rings. The van der Waals surface area contributed by atoms with Crippen LogP contribution in [0, 0.1) is 0 Å². The molecule has 0 saturated heterocycles. The summed E-state index contributed by atoms with van der Waals surface area (Å²) in [5.74, 6) is 0.498. The molecule has 0 bridgehead atoms. The standard InChI is InChI=1S/C20H23N3O4/c1-3-23(4-2)16-8-6-15(7-9-16)22-19(24)12-21-20(25)14-5-10-17-18(11-14)27-13-26-17/h5-11H,3-4,12-13H2,1-2H3,(H,21,25)(H,22,24). The van der Waals surface area contributed by atoms with E-state index in [4.69, 9.17) is 9.47 Å². The lowest BCUT2D eigenvalue weighted by Crippen LogP contribution is -2.32. The minimum atomic E-state index is -0.347. The van der Waals surface area contributed by atoms with Gasteiger partial charge in [-0.15, -0.1) is 0 Å². The monoisotopic (exact) mass is 369 g/mol. The molecule has 0 aliphatic carbocycles. The highest BCUT2D eigenvalue weighted by atomic mass is 16.7. The molecule has 1 aliphatic heterocycles. The number of carbonyl (C=O) groups excluding carboxylic acids is 2. The van der Waals surface area contributed by atoms with Gasteiger partial charge in [0.1, 0.15) is 0 Å². The summed E-state index contributed by atoms with van der Waals surface area (Å²) in [6.07, 6.45) is 0. The van der Waals surface area contributed by atoms with Crippen molar-refractivity contribution >= 4 is 23.2 Å². The molecule has 1 aliphatic rings. The quantitative estimate of drug-likeness (QED) is 0.784. The minimum Gasteiger partial charge on any atom is -0.454 e. The molecule has 0 saturated carbocycles. The zero-order chi connectivity index (χ0) is 19.2. The molecule has 0 unspecified atom stereocenters. The second-order valence-electron chi connectivity index (χ2n) is 6.02. The Morgan fingerprint density at radius 2 is 1.70 bits per heavy atom. The Morgan fingerprint density at radius 1 is 1.00 bits per heavy atom. The molecule has 0 radical (unpaired) electrons. The van der Waals surface area contributed by atoms with Gasteiger partial charge in [-0.1, -0.05) is 0 Å². The molecule has 7 nitrogen and oxygen atoms in total. The first-order valence-electron chi connectivity index (χ1n) is 8.93. The van der Waals surface area contributed by atoms with Crippen molar-refractivity contribution in [1.29, 1.82) is 0 Å². The number of nitrogens with one attached hydrogen (secondary N) is 2. The number of nitrogens with zero attached hydrogens (tertiary/aromatic N) is 1. The highest BCUT2D eigenvalue weighted by molar-refractivity contribution is 5.99. The van der Waals surface area contributed by atoms with Crippen molar-refractivity contribution < 1.29 is 19.1 Å². The van der Waals surface area contributed by atoms with Crippen LogP contribution in [0.4, 0.5) is 11.4 Å². The second kappa shape index (κ2) is 8.44. The third kappa shape index (κ3) is 4.49. The van der Waals surface area contributed by atoms with Crippen molar-refractivity contribution in [1.82, 2.24) is 5.32 Å². The zero-order valence-electron chi connectivity index (χ0n) is 15.5. The molecule has 0 spiro atoms. The normalized spacial score (nSPS) is 11.8. The van der Waals surface area contributed by atoms with E-state index in [1.165, 1.54) is 0 Å². The van der Waals surface area contributed by atoms with E-state index < -0.39 is 0 Å². The fourth-order valence-corrected chi connectivity index (χ4v) is 2.85. The van der Waals surface area contributed by atoms with E-state index in [-0.39, 0.29) is 25.2 Å². The average molecular weight is 369 g/mol. The van der Waals surface area contributed by atoms with Gasteiger partial charge in [-0.2, -0.15) is 0 Å². The maximum atomic E-state index is 12.2. The number of anilines is 2. The van der Waals surface area contributed by atoms with E-state index in [0.29, 0.717) is 22.7 Å². The molecule has 142 valence electrons. The van der Waals surface area contributed by atoms with Crippen molar-refractivity contribution in [3.63, 3.8) is 0 Å². The van der Waals surface area contributed by atoms with Crippen LogP contribution in [0.3, 0.4) is 0 Å². The maximum Gasteiger partial charge on any atom is 0.251 e. The number of hydrogen-bond acceptors (Lipinski definition) is 5. The van der Waals surface area contributed by atoms with Crippen LogP contribution < -0.4 is 25.0 Å². The van der Waals surface area contributed by atoms with Crippen molar-refractivity contribution in [2.24, 2.45) is 0 Å². The van der Waals surface area contributed by atoms with Gasteiger partial charge in [-0.05, 0) is 56.3 Å². The van der Waals surface area contributed by atoms with Gasteiger partial charge in [0, 0.05) is 30.0 Å². The summed E-state index contributed by atoms with van der Waals surface area (Å²) in [5.41, 5.74) is 2.21. The maximum absolute atomic E-state index is 12.2. The van der Waals surface area contributed by atoms with Crippen LogP contribution >= 0.6 is 0 Å². The predicted molar refractivity (Wildman–Crippen MR) is 104 cm³/mol. The van der Waals surface area contributed by atoms with Gasteiger partial charge in [0.2, 0.25) is 12.7 Å². The van der Waals surface area contributed by atoms with Crippen LogP contribution in [-0.2, 0) is 4.79 Å². The molecular weight excluding hydrogens is 346 g/mol. The van der Waals surface area contributed by atoms with Gasteiger partial charge in [-0.25, -0.2) is 0 Å². The Balaban J connectivity index is 1.51. The number of rotatable bonds is 7. The third-order valence-corrected chi connectivity index (χ3v) is 4.32. The van der Waals surface area contributed by atoms with Crippen LogP contribution in [0.15, 0.2) is 42.5 Å². The lowest BCUT2D eigenvalue weighted by atomic mass is 10.2. The largest absolute Gasteiger partial charge is 0.454 e. The summed E-state index contributed by atoms with van der Waals surface area (Å²) < 4.78 is 10.5. The fraction of sp³-hybridized carbons (Fsp3) is 0.300. The molecule has 0 fully saturated rings. The zero-order valence-corrected chi connectivity index (χ0v) is 15.5. The van der Waals surface area contributed by atoms with E-state index in [9.17, 15) is 9.59 Å². The number of carbonyl (C=O) groups is 2. The van der Waals surface area contributed by atoms with E-state index >= 15 is 0 Å². The molecule has 1 heterocycles. The van der Waals surface area contributed by atoms with Crippen LogP contribution in [0.25, 0.3) is 0 Å². The molecule has 2 aromatic carbocycles. The van der Waals surface area contributed by atoms with Crippen molar-refractivity contribution in [2.45, 2.75) is 13.8 Å². The Morgan fingerprint density at radius 3 is 2.41 bits per heavy atom. The lowest BCUT2D eigenvalue weighted by molar-refractivity contribution is -0.115. The Labute approximate surface area is 158 Å². The molecule has 3 rings (SSSR count). The number of hydrogen-bond donors (Lipinski definition) is 2. The molecule has 0 atom stereocenters. The Kier molecular flexibility index (Phi) is 5.80. The lowest BCUT2D eigenvalue weighted by Gasteiger charge is -2.21. The molecular formula is C20H23N3O4. The topological polar surface area (TPSA) is 79.9 Å². The van der Waals surface area contributed by atoms with E-state index in [1.54, 1.807) is 18.2 Å². The van der Waals surface area contributed by atoms with Crippen molar-refractivity contribution in [3.05, 3.63) is 48.0 Å². The molecule has 7 heteroatoms. The van der Waals surface area contributed by atoms with E-state index in [1.807, 2.05) is 24.3 Å². The summed E-state index contributed by atoms with van der Waals surface area (Å²) in [6.45, 7) is 6.08. The first kappa shape index (κ1) is 18.6. The third-order valence-electron chi connectivity index (χ3n) is 4.32. The van der Waals surface area contributed by atoms with Crippen molar-refractivity contribution in [2.75, 3.05) is 36.6 Å². The van der Waals surface area contributed by atoms with Gasteiger partial charge in [0.25, 0.3) is 5.91 Å². The second-order valence-corrected chi connectivity index (χ2v) is 6.02. The average Bonchev–Trinajstić information content (AvgIpc) is 3.16. The number of benzene rings is 2. The molecule has 0 aromatic heterocycles. The first-order chi connectivity index (χ1) is 13.1. The number of amides is 2. The van der Waals surface area contributed by atoms with Crippen LogP contribution in [0.1, 0.15) is 24.2 Å². The molecule has 2 N–H and O–H groups in total. The van der Waals surface area contributed by atoms with Gasteiger partial charge in [0.15, 0.2) is 11.5 Å². The predicted octanol–water partition coefficient (Wildman–Crippen LogP) is 2.63. The van der Waals surface area contributed by atoms with Gasteiger partial charge in [0.05, 0.1) is 6.54 Å². The molecule has 27 heavy (non-hydrogen) atoms. The van der Waals surface area contributed by atoms with Crippen molar-refractivity contribution in [3.8, 4) is 11.5 Å². The summed E-state index contributed by atoms with van der Waals surface area (Å²) in [6, 6.07) is 12.5. The van der Waals surface area contributed by atoms with Crippen LogP contribution in [0.5, 0.6) is 11.5 Å². The first-order valence-corrected chi connectivity index (χ1v) is 8.93. The smallest absolute Gasteiger partial charge is 0.251 e. The SMILES string of the molecule is CCN(CC)c1ccc(NC(=O)CNC(=O)c2ccc3c(c2)OCO3)cc1. The summed E-state index contributed by atoms with van der Waals surface area (Å²) in [5, 5.41) is 5.38. The highest BCUT2D eigenvalue weighted by Gasteiger charge is 2.16. The van der Waals surface area contributed by atoms with E-state index in [0.717, 1.165) is 18.8 Å². The highest BCUT2D eigenvalue weighted by Crippen LogP contribution is 2.32. The summed E-state index contributed by atoms with van der Waals surface area (Å²) >= 11 is 0. The Hall–Kier alpha value is -3.22.